The van der Waals surface area contributed by atoms with Crippen LogP contribution < -0.4 is 4.74 Å². The van der Waals surface area contributed by atoms with Crippen LogP contribution in [0.25, 0.3) is 0 Å². The zero-order chi connectivity index (χ0) is 24.2. The number of hydrogen-bond donors (Lipinski definition) is 0. The molecule has 1 unspecified atom stereocenters. The van der Waals surface area contributed by atoms with Crippen molar-refractivity contribution in [2.45, 2.75) is 63.4 Å². The van der Waals surface area contributed by atoms with Gasteiger partial charge in [0.1, 0.15) is 12.4 Å². The highest BCUT2D eigenvalue weighted by Crippen LogP contribution is 2.68. The van der Waals surface area contributed by atoms with Gasteiger partial charge in [0, 0.05) is 24.3 Å². The second kappa shape index (κ2) is 8.74. The molecule has 2 saturated carbocycles. The molecule has 1 aromatic carbocycles. The fourth-order valence-corrected chi connectivity index (χ4v) is 8.12. The third-order valence-corrected chi connectivity index (χ3v) is 9.83. The summed E-state index contributed by atoms with van der Waals surface area (Å²) in [6, 6.07) is 8.89. The van der Waals surface area contributed by atoms with Crippen LogP contribution in [0.4, 0.5) is 0 Å². The Bertz CT molecular complexity index is 1100. The Labute approximate surface area is 210 Å². The van der Waals surface area contributed by atoms with Crippen molar-refractivity contribution in [2.75, 3.05) is 33.9 Å². The van der Waals surface area contributed by atoms with Crippen LogP contribution in [0.5, 0.6) is 5.75 Å². The lowest BCUT2D eigenvalue weighted by Crippen LogP contribution is -2.51. The summed E-state index contributed by atoms with van der Waals surface area (Å²) in [7, 11) is 4.14. The van der Waals surface area contributed by atoms with Crippen molar-refractivity contribution in [1.29, 1.82) is 0 Å². The molecule has 1 aromatic rings. The van der Waals surface area contributed by atoms with Crippen molar-refractivity contribution >= 4 is 5.78 Å². The van der Waals surface area contributed by atoms with Gasteiger partial charge in [-0.25, -0.2) is 0 Å². The number of nitrogens with zero attached hydrogens (tertiary/aromatic N) is 1. The van der Waals surface area contributed by atoms with E-state index in [2.05, 4.69) is 62.3 Å². The highest BCUT2D eigenvalue weighted by molar-refractivity contribution is 5.93. The van der Waals surface area contributed by atoms with E-state index in [1.54, 1.807) is 5.57 Å². The van der Waals surface area contributed by atoms with Crippen molar-refractivity contribution in [3.05, 3.63) is 64.8 Å². The van der Waals surface area contributed by atoms with Gasteiger partial charge in [0.15, 0.2) is 5.78 Å². The fourth-order valence-electron chi connectivity index (χ4n) is 8.12. The number of ketones is 1. The van der Waals surface area contributed by atoms with E-state index in [1.165, 1.54) is 29.6 Å². The molecule has 4 heteroatoms. The van der Waals surface area contributed by atoms with E-state index in [1.807, 2.05) is 6.08 Å². The third kappa shape index (κ3) is 3.76. The first-order chi connectivity index (χ1) is 16.9. The molecule has 5 atom stereocenters. The molecule has 0 saturated heterocycles. The van der Waals surface area contributed by atoms with E-state index < -0.39 is 0 Å². The van der Waals surface area contributed by atoms with Crippen LogP contribution in [0, 0.1) is 17.3 Å². The van der Waals surface area contributed by atoms with E-state index in [-0.39, 0.29) is 11.0 Å². The van der Waals surface area contributed by atoms with E-state index in [4.69, 9.17) is 9.47 Å². The van der Waals surface area contributed by atoms with Gasteiger partial charge >= 0.3 is 0 Å². The Morgan fingerprint density at radius 2 is 1.94 bits per heavy atom. The second-order valence-electron chi connectivity index (χ2n) is 11.9. The Hall–Kier alpha value is -2.17. The number of fused-ring (bicyclic) bond motifs is 5. The van der Waals surface area contributed by atoms with Crippen LogP contribution in [0.1, 0.15) is 63.4 Å². The normalized spacial score (nSPS) is 35.8. The van der Waals surface area contributed by atoms with Crippen LogP contribution in [-0.4, -0.2) is 50.1 Å². The van der Waals surface area contributed by atoms with E-state index in [0.29, 0.717) is 36.6 Å². The number of carbonyl (C=O) groups is 1. The van der Waals surface area contributed by atoms with Crippen LogP contribution in [0.2, 0.25) is 0 Å². The van der Waals surface area contributed by atoms with Crippen molar-refractivity contribution < 1.29 is 14.3 Å². The van der Waals surface area contributed by atoms with E-state index in [0.717, 1.165) is 44.6 Å². The largest absolute Gasteiger partial charge is 0.492 e. The lowest BCUT2D eigenvalue weighted by atomic mass is 9.51. The Morgan fingerprint density at radius 3 is 2.69 bits per heavy atom. The van der Waals surface area contributed by atoms with E-state index >= 15 is 0 Å². The summed E-state index contributed by atoms with van der Waals surface area (Å²) in [4.78, 5) is 14.4. The molecule has 2 fully saturated rings. The molecule has 0 N–H and O–H groups in total. The molecule has 1 spiro atoms. The highest BCUT2D eigenvalue weighted by Gasteiger charge is 2.63. The first-order valence-electron chi connectivity index (χ1n) is 13.6. The predicted molar refractivity (Wildman–Crippen MR) is 139 cm³/mol. The Kier molecular flexibility index (Phi) is 5.80. The van der Waals surface area contributed by atoms with Crippen molar-refractivity contribution in [1.82, 2.24) is 4.90 Å². The molecule has 0 aromatic heterocycles. The summed E-state index contributed by atoms with van der Waals surface area (Å²) in [5, 5.41) is 0. The van der Waals surface area contributed by atoms with E-state index in [9.17, 15) is 4.79 Å². The van der Waals surface area contributed by atoms with Crippen molar-refractivity contribution in [3.63, 3.8) is 0 Å². The average Bonchev–Trinajstić information content (AvgIpc) is 3.44. The maximum Gasteiger partial charge on any atom is 0.156 e. The smallest absolute Gasteiger partial charge is 0.156 e. The maximum atomic E-state index is 12.3. The second-order valence-corrected chi connectivity index (χ2v) is 11.9. The molecule has 0 bridgehead atoms. The summed E-state index contributed by atoms with van der Waals surface area (Å²) in [5.74, 6) is 2.86. The number of carbonyl (C=O) groups excluding carboxylic acids is 1. The van der Waals surface area contributed by atoms with Crippen molar-refractivity contribution in [2.24, 2.45) is 17.3 Å². The molecule has 35 heavy (non-hydrogen) atoms. The lowest BCUT2D eigenvalue weighted by Gasteiger charge is -2.54. The monoisotopic (exact) mass is 473 g/mol. The molecule has 1 aliphatic heterocycles. The van der Waals surface area contributed by atoms with Gasteiger partial charge in [-0.15, -0.1) is 0 Å². The number of benzene rings is 1. The summed E-state index contributed by atoms with van der Waals surface area (Å²) in [6.45, 7) is 4.87. The van der Waals surface area contributed by atoms with Crippen LogP contribution in [0.3, 0.4) is 0 Å². The summed E-state index contributed by atoms with van der Waals surface area (Å²) < 4.78 is 12.5. The van der Waals surface area contributed by atoms with Gasteiger partial charge in [-0.3, -0.25) is 4.79 Å². The van der Waals surface area contributed by atoms with Gasteiger partial charge in [0.05, 0.1) is 12.2 Å². The minimum absolute atomic E-state index is 0.111. The zero-order valence-corrected chi connectivity index (χ0v) is 21.5. The summed E-state index contributed by atoms with van der Waals surface area (Å²) in [5.41, 5.74) is 5.90. The van der Waals surface area contributed by atoms with Crippen LogP contribution >= 0.6 is 0 Å². The Morgan fingerprint density at radius 1 is 1.11 bits per heavy atom. The number of likely N-dealkylation sites (N-methyl/N-ethyl adjacent to an activating group) is 1. The van der Waals surface area contributed by atoms with Gasteiger partial charge in [0.2, 0.25) is 0 Å². The van der Waals surface area contributed by atoms with Gasteiger partial charge in [-0.05, 0) is 99.4 Å². The maximum absolute atomic E-state index is 12.3. The van der Waals surface area contributed by atoms with Gasteiger partial charge in [0.25, 0.3) is 0 Å². The van der Waals surface area contributed by atoms with Crippen LogP contribution in [0.15, 0.2) is 59.2 Å². The van der Waals surface area contributed by atoms with Gasteiger partial charge in [-0.1, -0.05) is 36.8 Å². The molecule has 4 aliphatic carbocycles. The first-order valence-corrected chi connectivity index (χ1v) is 13.6. The molecule has 5 aliphatic rings. The van der Waals surface area contributed by atoms with Gasteiger partial charge in [-0.2, -0.15) is 0 Å². The SMILES string of the molecule is CN(C)CCOc1ccc(C2C[C@@]3(C)[C@@H](CC[C@@]34C=CCO4)[C@@H]3CCC4=CC(=O)CCC4=C23)cc1. The first kappa shape index (κ1) is 23.2. The minimum atomic E-state index is -0.111. The third-order valence-electron chi connectivity index (χ3n) is 9.83. The van der Waals surface area contributed by atoms with Crippen molar-refractivity contribution in [3.8, 4) is 5.75 Å². The highest BCUT2D eigenvalue weighted by atomic mass is 16.5. The average molecular weight is 474 g/mol. The molecule has 0 radical (unpaired) electrons. The minimum Gasteiger partial charge on any atom is -0.492 e. The number of allylic oxidation sites excluding steroid dienone is 4. The lowest BCUT2D eigenvalue weighted by molar-refractivity contribution is -0.114. The molecule has 186 valence electrons. The zero-order valence-electron chi connectivity index (χ0n) is 21.5. The molecule has 0 amide bonds. The Balaban J connectivity index is 1.39. The predicted octanol–water partition coefficient (Wildman–Crippen LogP) is 5.85. The summed E-state index contributed by atoms with van der Waals surface area (Å²) >= 11 is 0. The summed E-state index contributed by atoms with van der Waals surface area (Å²) in [6.07, 6.45) is 13.9. The molecule has 1 heterocycles. The number of ether oxygens (including phenoxy) is 2. The molecule has 4 nitrogen and oxygen atoms in total. The molecule has 6 rings (SSSR count). The fraction of sp³-hybridized carbons (Fsp3) is 0.581. The number of rotatable bonds is 5. The molecular weight excluding hydrogens is 434 g/mol. The van der Waals surface area contributed by atoms with Crippen LogP contribution in [-0.2, 0) is 9.53 Å². The topological polar surface area (TPSA) is 38.8 Å². The van der Waals surface area contributed by atoms with Gasteiger partial charge < -0.3 is 14.4 Å². The molecular formula is C31H39NO3. The number of hydrogen-bond acceptors (Lipinski definition) is 4. The standard InChI is InChI=1S/C31H39NO3/c1-30-20-27(21-5-9-24(10-6-21)34-18-16-32(2)3)29-25-12-8-23(33)19-22(25)7-11-26(29)28(30)13-15-31(30)14-4-17-35-31/h4-6,9-10,14,19,26-28H,7-8,11-13,15-18,20H2,1-3H3/t26-,27?,28-,30-,31-/m0/s1. The quantitative estimate of drug-likeness (QED) is 0.503.